The Kier molecular flexibility index (Phi) is 8.29. The summed E-state index contributed by atoms with van der Waals surface area (Å²) in [6, 6.07) is 11.3. The summed E-state index contributed by atoms with van der Waals surface area (Å²) in [5, 5.41) is 9.87. The minimum absolute atomic E-state index is 0.148. The fourth-order valence-electron chi connectivity index (χ4n) is 3.04. The molecule has 0 bridgehead atoms. The highest BCUT2D eigenvalue weighted by Gasteiger charge is 2.14. The van der Waals surface area contributed by atoms with Crippen LogP contribution in [0.25, 0.3) is 0 Å². The molecule has 8 nitrogen and oxygen atoms in total. The minimum Gasteiger partial charge on any atom is -0.493 e. The molecule has 0 aliphatic rings. The molecule has 170 valence electrons. The predicted octanol–water partition coefficient (Wildman–Crippen LogP) is 4.73. The number of halogens is 1. The second-order valence-electron chi connectivity index (χ2n) is 7.18. The highest BCUT2D eigenvalue weighted by molar-refractivity contribution is 9.10. The third-order valence-electron chi connectivity index (χ3n) is 4.63. The third-order valence-corrected chi connectivity index (χ3v) is 5.49. The zero-order valence-corrected chi connectivity index (χ0v) is 20.6. The van der Waals surface area contributed by atoms with Gasteiger partial charge in [-0.25, -0.2) is 4.68 Å². The largest absolute Gasteiger partial charge is 0.493 e. The van der Waals surface area contributed by atoms with Crippen LogP contribution in [0.2, 0.25) is 0 Å². The van der Waals surface area contributed by atoms with Gasteiger partial charge in [0.05, 0.1) is 18.1 Å². The molecule has 3 rings (SSSR count). The number of H-pyrrole nitrogens is 1. The molecule has 0 unspecified atom stereocenters. The number of ether oxygens (including phenoxy) is 2. The van der Waals surface area contributed by atoms with Crippen LogP contribution in [0.4, 0.5) is 5.69 Å². The molecule has 3 N–H and O–H groups in total. The molecule has 1 amide bonds. The van der Waals surface area contributed by atoms with E-state index in [-0.39, 0.29) is 12.5 Å². The van der Waals surface area contributed by atoms with Crippen LogP contribution in [0.3, 0.4) is 0 Å². The van der Waals surface area contributed by atoms with Crippen molar-refractivity contribution in [2.45, 2.75) is 33.2 Å². The van der Waals surface area contributed by atoms with E-state index < -0.39 is 0 Å². The average Bonchev–Trinajstić information content (AvgIpc) is 3.12. The van der Waals surface area contributed by atoms with E-state index in [1.807, 2.05) is 43.3 Å². The van der Waals surface area contributed by atoms with Crippen LogP contribution >= 0.6 is 28.1 Å². The number of amides is 1. The Hall–Kier alpha value is -2.85. The molecule has 0 saturated heterocycles. The maximum atomic E-state index is 12.3. The first-order valence-electron chi connectivity index (χ1n) is 10.2. The highest BCUT2D eigenvalue weighted by Crippen LogP contribution is 2.36. The molecule has 0 spiro atoms. The molecule has 0 radical (unpaired) electrons. The quantitative estimate of drug-likeness (QED) is 0.335. The molecule has 0 fully saturated rings. The summed E-state index contributed by atoms with van der Waals surface area (Å²) in [7, 11) is 1.56. The molecule has 1 aromatic heterocycles. The standard InChI is InChI=1S/C22H26BrN5O3S/c1-4-5-19-26-27-22(32)28(19)24-12-15-10-17(23)21(18(11-15)30-3)31-13-20(29)25-16-8-6-14(2)7-9-16/h6-11,24H,4-5,12-13H2,1-3H3,(H,25,29)(H,27,32). The molecule has 0 atom stereocenters. The number of hydrogen-bond acceptors (Lipinski definition) is 6. The summed E-state index contributed by atoms with van der Waals surface area (Å²) in [6.45, 7) is 4.42. The van der Waals surface area contributed by atoms with Gasteiger partial charge in [0, 0.05) is 12.1 Å². The maximum Gasteiger partial charge on any atom is 0.262 e. The van der Waals surface area contributed by atoms with Crippen LogP contribution in [0, 0.1) is 11.7 Å². The number of anilines is 1. The van der Waals surface area contributed by atoms with Crippen LogP contribution in [-0.2, 0) is 17.8 Å². The monoisotopic (exact) mass is 519 g/mol. The Labute approximate surface area is 200 Å². The van der Waals surface area contributed by atoms with Crippen molar-refractivity contribution in [2.24, 2.45) is 0 Å². The number of nitrogens with zero attached hydrogens (tertiary/aromatic N) is 2. The summed E-state index contributed by atoms with van der Waals surface area (Å²) in [4.78, 5) is 12.3. The Morgan fingerprint density at radius 1 is 1.28 bits per heavy atom. The molecular formula is C22H26BrN5O3S. The molecule has 1 heterocycles. The Morgan fingerprint density at radius 3 is 2.72 bits per heavy atom. The topological polar surface area (TPSA) is 93.2 Å². The average molecular weight is 520 g/mol. The van der Waals surface area contributed by atoms with Crippen LogP contribution in [0.1, 0.15) is 30.3 Å². The minimum atomic E-state index is -0.258. The van der Waals surface area contributed by atoms with Gasteiger partial charge < -0.3 is 20.2 Å². The molecule has 0 saturated carbocycles. The lowest BCUT2D eigenvalue weighted by Gasteiger charge is -2.15. The number of aromatic nitrogens is 3. The van der Waals surface area contributed by atoms with Crippen molar-refractivity contribution in [2.75, 3.05) is 24.5 Å². The zero-order chi connectivity index (χ0) is 23.1. The summed E-state index contributed by atoms with van der Waals surface area (Å²) in [5.74, 6) is 1.57. The lowest BCUT2D eigenvalue weighted by atomic mass is 10.2. The molecule has 10 heteroatoms. The van der Waals surface area contributed by atoms with E-state index in [4.69, 9.17) is 21.7 Å². The second-order valence-corrected chi connectivity index (χ2v) is 8.42. The number of hydrogen-bond donors (Lipinski definition) is 3. The first-order chi connectivity index (χ1) is 15.4. The molecule has 0 aliphatic carbocycles. The summed E-state index contributed by atoms with van der Waals surface area (Å²) >= 11 is 8.83. The first kappa shape index (κ1) is 23.8. The van der Waals surface area contributed by atoms with Gasteiger partial charge in [-0.3, -0.25) is 9.89 Å². The summed E-state index contributed by atoms with van der Waals surface area (Å²) in [5.41, 5.74) is 6.06. The molecule has 32 heavy (non-hydrogen) atoms. The van der Waals surface area contributed by atoms with Gasteiger partial charge in [0.25, 0.3) is 5.91 Å². The van der Waals surface area contributed by atoms with Gasteiger partial charge in [0.2, 0.25) is 4.77 Å². The summed E-state index contributed by atoms with van der Waals surface area (Å²) < 4.78 is 14.2. The van der Waals surface area contributed by atoms with Crippen molar-refractivity contribution >= 4 is 39.7 Å². The molecule has 2 aromatic carbocycles. The zero-order valence-electron chi connectivity index (χ0n) is 18.2. The van der Waals surface area contributed by atoms with E-state index in [1.165, 1.54) is 0 Å². The van der Waals surface area contributed by atoms with Crippen molar-refractivity contribution in [3.8, 4) is 11.5 Å². The predicted molar refractivity (Wildman–Crippen MR) is 130 cm³/mol. The number of rotatable bonds is 10. The van der Waals surface area contributed by atoms with Gasteiger partial charge in [0.1, 0.15) is 0 Å². The molecular weight excluding hydrogens is 494 g/mol. The fourth-order valence-corrected chi connectivity index (χ4v) is 3.86. The van der Waals surface area contributed by atoms with Gasteiger partial charge in [0.15, 0.2) is 23.9 Å². The number of aromatic amines is 1. The maximum absolute atomic E-state index is 12.3. The van der Waals surface area contributed by atoms with Crippen molar-refractivity contribution < 1.29 is 14.3 Å². The van der Waals surface area contributed by atoms with Crippen molar-refractivity contribution in [3.63, 3.8) is 0 Å². The van der Waals surface area contributed by atoms with E-state index in [0.29, 0.717) is 27.3 Å². The van der Waals surface area contributed by atoms with E-state index >= 15 is 0 Å². The Bertz CT molecular complexity index is 1130. The number of methoxy groups -OCH3 is 1. The van der Waals surface area contributed by atoms with Gasteiger partial charge in [-0.1, -0.05) is 24.6 Å². The van der Waals surface area contributed by atoms with Crippen LogP contribution < -0.4 is 20.2 Å². The molecule has 3 aromatic rings. The van der Waals surface area contributed by atoms with Crippen molar-refractivity contribution in [1.29, 1.82) is 0 Å². The number of carbonyl (C=O) groups is 1. The summed E-state index contributed by atoms with van der Waals surface area (Å²) in [6.07, 6.45) is 1.77. The molecule has 0 aliphatic heterocycles. The second kappa shape index (κ2) is 11.1. The number of carbonyl (C=O) groups excluding carboxylic acids is 1. The van der Waals surface area contributed by atoms with E-state index in [0.717, 1.165) is 35.5 Å². The SMILES string of the molecule is CCCc1n[nH]c(=S)n1NCc1cc(Br)c(OCC(=O)Nc2ccc(C)cc2)c(OC)c1. The van der Waals surface area contributed by atoms with E-state index in [9.17, 15) is 4.79 Å². The van der Waals surface area contributed by atoms with E-state index in [2.05, 4.69) is 43.8 Å². The van der Waals surface area contributed by atoms with Gasteiger partial charge >= 0.3 is 0 Å². The normalized spacial score (nSPS) is 10.6. The first-order valence-corrected chi connectivity index (χ1v) is 11.4. The lowest BCUT2D eigenvalue weighted by Crippen LogP contribution is -2.20. The van der Waals surface area contributed by atoms with Crippen molar-refractivity contribution in [3.05, 3.63) is 62.6 Å². The Morgan fingerprint density at radius 2 is 2.03 bits per heavy atom. The number of benzene rings is 2. The van der Waals surface area contributed by atoms with Crippen LogP contribution in [-0.4, -0.2) is 34.5 Å². The van der Waals surface area contributed by atoms with Gasteiger partial charge in [-0.2, -0.15) is 5.10 Å². The van der Waals surface area contributed by atoms with Gasteiger partial charge in [-0.15, -0.1) is 0 Å². The van der Waals surface area contributed by atoms with Crippen LogP contribution in [0.5, 0.6) is 11.5 Å². The van der Waals surface area contributed by atoms with Gasteiger partial charge in [-0.05, 0) is 71.3 Å². The lowest BCUT2D eigenvalue weighted by molar-refractivity contribution is -0.118. The smallest absolute Gasteiger partial charge is 0.262 e. The third kappa shape index (κ3) is 6.10. The Balaban J connectivity index is 1.65. The van der Waals surface area contributed by atoms with Crippen LogP contribution in [0.15, 0.2) is 40.9 Å². The fraction of sp³-hybridized carbons (Fsp3) is 0.318. The van der Waals surface area contributed by atoms with E-state index in [1.54, 1.807) is 11.8 Å². The highest BCUT2D eigenvalue weighted by atomic mass is 79.9. The van der Waals surface area contributed by atoms with Crippen molar-refractivity contribution in [1.82, 2.24) is 14.9 Å². The number of aryl methyl sites for hydroxylation is 2. The number of nitrogens with one attached hydrogen (secondary N) is 3.